The highest BCUT2D eigenvalue weighted by Crippen LogP contribution is 2.33. The second-order valence-electron chi connectivity index (χ2n) is 7.95. The van der Waals surface area contributed by atoms with Crippen LogP contribution in [-0.4, -0.2) is 23.0 Å². The summed E-state index contributed by atoms with van der Waals surface area (Å²) in [5.74, 6) is -0.159. The Hall–Kier alpha value is -3.24. The molecule has 1 N–H and O–H groups in total. The maximum Gasteiger partial charge on any atom is 0.252 e. The van der Waals surface area contributed by atoms with Gasteiger partial charge in [0.25, 0.3) is 11.1 Å². The van der Waals surface area contributed by atoms with Gasteiger partial charge in [-0.25, -0.2) is 0 Å². The van der Waals surface area contributed by atoms with Crippen LogP contribution in [0.15, 0.2) is 60.7 Å². The summed E-state index contributed by atoms with van der Waals surface area (Å²) >= 11 is 5.16. The van der Waals surface area contributed by atoms with E-state index in [4.69, 9.17) is 11.6 Å². The van der Waals surface area contributed by atoms with E-state index in [0.29, 0.717) is 17.5 Å². The average molecular weight is 448 g/mol. The minimum Gasteiger partial charge on any atom is -0.342 e. The molecule has 32 heavy (non-hydrogen) atoms. The lowest BCUT2D eigenvalue weighted by Gasteiger charge is -2.14. The van der Waals surface area contributed by atoms with Crippen LogP contribution in [0.4, 0.5) is 0 Å². The molecule has 1 amide bonds. The lowest BCUT2D eigenvalue weighted by Crippen LogP contribution is -2.39. The molecule has 0 aliphatic heterocycles. The Labute approximate surface area is 193 Å². The maximum atomic E-state index is 12.8. The molecule has 0 saturated heterocycles. The molecule has 1 aliphatic rings. The van der Waals surface area contributed by atoms with Crippen LogP contribution in [0.2, 0.25) is 0 Å². The Kier molecular flexibility index (Phi) is 7.26. The van der Waals surface area contributed by atoms with Gasteiger partial charge in [0.05, 0.1) is 6.04 Å². The molecule has 3 aromatic carbocycles. The quantitative estimate of drug-likeness (QED) is 0.537. The monoisotopic (exact) mass is 447 g/mol. The van der Waals surface area contributed by atoms with E-state index in [-0.39, 0.29) is 11.7 Å². The van der Waals surface area contributed by atoms with Crippen LogP contribution in [0.1, 0.15) is 58.9 Å². The number of nitrogens with one attached hydrogen (secondary N) is 1. The number of rotatable bonds is 3. The van der Waals surface area contributed by atoms with Gasteiger partial charge in [-0.3, -0.25) is 14.4 Å². The molecule has 0 heterocycles. The average Bonchev–Trinajstić information content (AvgIpc) is 3.13. The molecule has 5 heteroatoms. The molecule has 4 nitrogen and oxygen atoms in total. The molecular weight excluding hydrogens is 422 g/mol. The van der Waals surface area contributed by atoms with Crippen molar-refractivity contribution in [1.29, 1.82) is 0 Å². The van der Waals surface area contributed by atoms with Crippen molar-refractivity contribution >= 4 is 28.5 Å². The fraction of sp³-hybridized carbons (Fsp3) is 0.222. The van der Waals surface area contributed by atoms with Crippen molar-refractivity contribution in [2.24, 2.45) is 0 Å². The van der Waals surface area contributed by atoms with E-state index in [1.54, 1.807) is 36.4 Å². The van der Waals surface area contributed by atoms with Gasteiger partial charge in [-0.05, 0) is 79.2 Å². The Morgan fingerprint density at radius 3 is 1.78 bits per heavy atom. The maximum absolute atomic E-state index is 12.8. The molecule has 0 fully saturated rings. The van der Waals surface area contributed by atoms with Crippen LogP contribution in [0.5, 0.6) is 0 Å². The number of halogens is 1. The minimum absolute atomic E-state index is 0.0352. The second-order valence-corrected chi connectivity index (χ2v) is 8.30. The van der Waals surface area contributed by atoms with Crippen LogP contribution in [-0.2, 0) is 6.42 Å². The van der Waals surface area contributed by atoms with E-state index < -0.39 is 11.3 Å². The summed E-state index contributed by atoms with van der Waals surface area (Å²) in [6.45, 7) is 8.22. The Morgan fingerprint density at radius 2 is 1.28 bits per heavy atom. The SMILES string of the molecule is Cc1c(C)c(C)c2c(c1C)CC(NC(=O)c1ccccc1)C2=O.O=C(Cl)c1ccccc1. The highest BCUT2D eigenvalue weighted by Gasteiger charge is 2.35. The normalized spacial score (nSPS) is 14.3. The number of hydrogen-bond acceptors (Lipinski definition) is 3. The molecule has 0 spiro atoms. The van der Waals surface area contributed by atoms with Gasteiger partial charge in [0, 0.05) is 23.1 Å². The van der Waals surface area contributed by atoms with Crippen molar-refractivity contribution in [3.63, 3.8) is 0 Å². The summed E-state index contributed by atoms with van der Waals surface area (Å²) in [4.78, 5) is 35.5. The summed E-state index contributed by atoms with van der Waals surface area (Å²) in [5.41, 5.74) is 7.65. The Balaban J connectivity index is 0.000000269. The van der Waals surface area contributed by atoms with Gasteiger partial charge in [0.15, 0.2) is 5.78 Å². The lowest BCUT2D eigenvalue weighted by atomic mass is 9.90. The largest absolute Gasteiger partial charge is 0.342 e. The summed E-state index contributed by atoms with van der Waals surface area (Å²) in [5, 5.41) is 2.49. The van der Waals surface area contributed by atoms with E-state index in [1.807, 2.05) is 31.2 Å². The fourth-order valence-corrected chi connectivity index (χ4v) is 4.09. The lowest BCUT2D eigenvalue weighted by molar-refractivity contribution is 0.0868. The van der Waals surface area contributed by atoms with Crippen LogP contribution in [0.3, 0.4) is 0 Å². The Bertz CT molecular complexity index is 1170. The molecular formula is C27H26ClNO3. The molecule has 0 saturated carbocycles. The van der Waals surface area contributed by atoms with Crippen LogP contribution < -0.4 is 5.32 Å². The van der Waals surface area contributed by atoms with E-state index >= 15 is 0 Å². The van der Waals surface area contributed by atoms with E-state index in [1.165, 1.54) is 16.7 Å². The zero-order chi connectivity index (χ0) is 23.4. The standard InChI is InChI=1S/C20H21NO2.C7H5ClO/c1-11-12(2)14(4)18-16(13(11)3)10-17(19(18)22)21-20(23)15-8-6-5-7-9-15;8-7(9)6-4-2-1-3-5-6/h5-9,17H,10H2,1-4H3,(H,21,23);1-5H. The number of amides is 1. The third-order valence-corrected chi connectivity index (χ3v) is 6.35. The summed E-state index contributed by atoms with van der Waals surface area (Å²) in [7, 11) is 0. The van der Waals surface area contributed by atoms with E-state index in [9.17, 15) is 14.4 Å². The topological polar surface area (TPSA) is 63.2 Å². The molecule has 0 bridgehead atoms. The summed E-state index contributed by atoms with van der Waals surface area (Å²) in [6, 6.07) is 17.3. The molecule has 3 aromatic rings. The number of fused-ring (bicyclic) bond motifs is 1. The first kappa shape index (κ1) is 23.4. The number of carbonyl (C=O) groups is 3. The van der Waals surface area contributed by atoms with Gasteiger partial charge in [-0.15, -0.1) is 0 Å². The zero-order valence-electron chi connectivity index (χ0n) is 18.7. The van der Waals surface area contributed by atoms with Gasteiger partial charge in [0.2, 0.25) is 0 Å². The highest BCUT2D eigenvalue weighted by atomic mass is 35.5. The minimum atomic E-state index is -0.462. The van der Waals surface area contributed by atoms with E-state index in [0.717, 1.165) is 16.7 Å². The van der Waals surface area contributed by atoms with Gasteiger partial charge in [0.1, 0.15) is 0 Å². The molecule has 4 rings (SSSR count). The number of hydrogen-bond donors (Lipinski definition) is 1. The number of carbonyl (C=O) groups excluding carboxylic acids is 3. The second kappa shape index (κ2) is 9.92. The number of benzene rings is 3. The van der Waals surface area contributed by atoms with Crippen molar-refractivity contribution in [1.82, 2.24) is 5.32 Å². The fourth-order valence-electron chi connectivity index (χ4n) is 3.97. The van der Waals surface area contributed by atoms with Gasteiger partial charge < -0.3 is 5.32 Å². The summed E-state index contributed by atoms with van der Waals surface area (Å²) < 4.78 is 0. The third kappa shape index (κ3) is 4.81. The zero-order valence-corrected chi connectivity index (χ0v) is 19.4. The first-order chi connectivity index (χ1) is 15.2. The Morgan fingerprint density at radius 1 is 0.781 bits per heavy atom. The molecule has 1 unspecified atom stereocenters. The highest BCUT2D eigenvalue weighted by molar-refractivity contribution is 6.67. The summed E-state index contributed by atoms with van der Waals surface area (Å²) in [6.07, 6.45) is 0.584. The first-order valence-electron chi connectivity index (χ1n) is 10.5. The molecule has 0 aromatic heterocycles. The van der Waals surface area contributed by atoms with E-state index in [2.05, 4.69) is 26.1 Å². The first-order valence-corrected chi connectivity index (χ1v) is 10.8. The van der Waals surface area contributed by atoms with Crippen LogP contribution >= 0.6 is 11.6 Å². The van der Waals surface area contributed by atoms with Crippen LogP contribution in [0.25, 0.3) is 0 Å². The molecule has 0 radical (unpaired) electrons. The molecule has 1 aliphatic carbocycles. The third-order valence-electron chi connectivity index (χ3n) is 6.13. The van der Waals surface area contributed by atoms with Crippen molar-refractivity contribution in [3.8, 4) is 0 Å². The van der Waals surface area contributed by atoms with Crippen molar-refractivity contribution in [2.45, 2.75) is 40.2 Å². The molecule has 164 valence electrons. The predicted octanol–water partition coefficient (Wildman–Crippen LogP) is 5.52. The van der Waals surface area contributed by atoms with Gasteiger partial charge in [-0.1, -0.05) is 48.5 Å². The predicted molar refractivity (Wildman–Crippen MR) is 128 cm³/mol. The number of Topliss-reactive ketones (excluding diaryl/α,β-unsaturated/α-hetero) is 1. The van der Waals surface area contributed by atoms with Crippen LogP contribution in [0, 0.1) is 27.7 Å². The van der Waals surface area contributed by atoms with Crippen molar-refractivity contribution in [2.75, 3.05) is 0 Å². The van der Waals surface area contributed by atoms with Crippen molar-refractivity contribution in [3.05, 3.63) is 105 Å². The number of ketones is 1. The van der Waals surface area contributed by atoms with Crippen molar-refractivity contribution < 1.29 is 14.4 Å². The molecule has 1 atom stereocenters. The van der Waals surface area contributed by atoms with Gasteiger partial charge in [-0.2, -0.15) is 0 Å². The van der Waals surface area contributed by atoms with Gasteiger partial charge >= 0.3 is 0 Å². The smallest absolute Gasteiger partial charge is 0.252 e.